The van der Waals surface area contributed by atoms with E-state index in [1.54, 1.807) is 43.5 Å². The van der Waals surface area contributed by atoms with Crippen LogP contribution in [0.1, 0.15) is 55.6 Å². The van der Waals surface area contributed by atoms with Gasteiger partial charge in [-0.3, -0.25) is 14.2 Å². The topological polar surface area (TPSA) is 70.3 Å². The van der Waals surface area contributed by atoms with Crippen LogP contribution < -0.4 is 11.2 Å². The zero-order valence-electron chi connectivity index (χ0n) is 19.9. The second-order valence-corrected chi connectivity index (χ2v) is 15.0. The Balaban J connectivity index is 1.88. The summed E-state index contributed by atoms with van der Waals surface area (Å²) >= 11 is 0. The predicted molar refractivity (Wildman–Crippen MR) is 130 cm³/mol. The molecule has 32 heavy (non-hydrogen) atoms. The Labute approximate surface area is 190 Å². The number of benzene rings is 1. The van der Waals surface area contributed by atoms with Gasteiger partial charge in [-0.1, -0.05) is 51.1 Å². The van der Waals surface area contributed by atoms with Crippen LogP contribution in [-0.4, -0.2) is 30.0 Å². The van der Waals surface area contributed by atoms with E-state index < -0.39 is 25.5 Å². The first-order chi connectivity index (χ1) is 14.9. The summed E-state index contributed by atoms with van der Waals surface area (Å²) in [7, 11) is -1.86. The summed E-state index contributed by atoms with van der Waals surface area (Å²) in [5.74, 6) is -0.327. The maximum absolute atomic E-state index is 13.3. The minimum Gasteiger partial charge on any atom is -0.417 e. The van der Waals surface area contributed by atoms with E-state index >= 15 is 0 Å². The molecule has 7 heteroatoms. The third-order valence-corrected chi connectivity index (χ3v) is 11.3. The summed E-state index contributed by atoms with van der Waals surface area (Å²) in [6.45, 7) is 13.4. The van der Waals surface area contributed by atoms with Gasteiger partial charge in [0.1, 0.15) is 0 Å². The van der Waals surface area contributed by atoms with Crippen molar-refractivity contribution in [3.8, 4) is 0 Å². The molecule has 0 spiro atoms. The lowest BCUT2D eigenvalue weighted by Crippen LogP contribution is -2.46. The molecule has 2 aromatic rings. The van der Waals surface area contributed by atoms with Crippen LogP contribution in [0.5, 0.6) is 0 Å². The van der Waals surface area contributed by atoms with Crippen molar-refractivity contribution in [2.75, 3.05) is 6.61 Å². The third-order valence-electron chi connectivity index (χ3n) is 6.75. The van der Waals surface area contributed by atoms with Crippen molar-refractivity contribution in [2.24, 2.45) is 5.92 Å². The Morgan fingerprint density at radius 2 is 1.81 bits per heavy atom. The van der Waals surface area contributed by atoms with E-state index in [1.807, 2.05) is 6.08 Å². The maximum Gasteiger partial charge on any atom is 0.338 e. The van der Waals surface area contributed by atoms with Crippen LogP contribution >= 0.6 is 0 Å². The summed E-state index contributed by atoms with van der Waals surface area (Å²) < 4.78 is 8.70. The van der Waals surface area contributed by atoms with Crippen molar-refractivity contribution in [3.05, 3.63) is 80.6 Å². The predicted octanol–water partition coefficient (Wildman–Crippen LogP) is 4.54. The lowest BCUT2D eigenvalue weighted by Gasteiger charge is -2.38. The molecule has 0 N–H and O–H groups in total. The van der Waals surface area contributed by atoms with E-state index in [9.17, 15) is 14.4 Å². The highest BCUT2D eigenvalue weighted by Gasteiger charge is 2.38. The molecule has 1 aromatic heterocycles. The van der Waals surface area contributed by atoms with Gasteiger partial charge in [-0.2, -0.15) is 4.57 Å². The van der Waals surface area contributed by atoms with Gasteiger partial charge in [0.25, 0.3) is 11.5 Å². The monoisotopic (exact) mass is 454 g/mol. The quantitative estimate of drug-likeness (QED) is 0.491. The van der Waals surface area contributed by atoms with E-state index in [0.29, 0.717) is 17.7 Å². The molecule has 1 aromatic carbocycles. The van der Waals surface area contributed by atoms with E-state index in [-0.39, 0.29) is 17.0 Å². The second kappa shape index (κ2) is 9.15. The van der Waals surface area contributed by atoms with Crippen LogP contribution in [0, 0.1) is 12.8 Å². The number of carbonyl (C=O) groups excluding carboxylic acids is 1. The Hall–Kier alpha value is -2.51. The number of hydrogen-bond acceptors (Lipinski definition) is 4. The third kappa shape index (κ3) is 4.94. The Morgan fingerprint density at radius 3 is 2.44 bits per heavy atom. The SMILES string of the molecule is Cc1cn([C@H]2C=CC[C@@H](CO[Si](C)(C)C(C)(C)C)C2)c(=O)n(C(=O)c2ccccc2)c1=O. The number of aromatic nitrogens is 2. The smallest absolute Gasteiger partial charge is 0.338 e. The molecule has 1 heterocycles. The molecular weight excluding hydrogens is 420 g/mol. The number of rotatable bonds is 5. The highest BCUT2D eigenvalue weighted by molar-refractivity contribution is 6.74. The van der Waals surface area contributed by atoms with E-state index in [2.05, 4.69) is 39.9 Å². The van der Waals surface area contributed by atoms with Crippen molar-refractivity contribution in [3.63, 3.8) is 0 Å². The number of aryl methyl sites for hydroxylation is 1. The Bertz CT molecular complexity index is 1120. The molecule has 172 valence electrons. The highest BCUT2D eigenvalue weighted by atomic mass is 28.4. The van der Waals surface area contributed by atoms with Crippen molar-refractivity contribution >= 4 is 14.2 Å². The van der Waals surface area contributed by atoms with E-state index in [1.165, 1.54) is 4.57 Å². The molecule has 1 aliphatic rings. The Morgan fingerprint density at radius 1 is 1.16 bits per heavy atom. The summed E-state index contributed by atoms with van der Waals surface area (Å²) in [6.07, 6.45) is 7.25. The molecule has 2 atom stereocenters. The van der Waals surface area contributed by atoms with E-state index in [4.69, 9.17) is 4.43 Å². The highest BCUT2D eigenvalue weighted by Crippen LogP contribution is 2.37. The fourth-order valence-corrected chi connectivity index (χ4v) is 4.74. The second-order valence-electron chi connectivity index (χ2n) is 10.2. The molecule has 0 fully saturated rings. The van der Waals surface area contributed by atoms with Gasteiger partial charge in [0, 0.05) is 23.9 Å². The van der Waals surface area contributed by atoms with Crippen LogP contribution in [-0.2, 0) is 4.43 Å². The molecule has 3 rings (SSSR count). The minimum atomic E-state index is -1.86. The maximum atomic E-state index is 13.3. The van der Waals surface area contributed by atoms with Crippen molar-refractivity contribution in [1.29, 1.82) is 0 Å². The standard InChI is InChI=1S/C25H34N2O4Si/c1-18-16-26(24(30)27(22(18)28)23(29)20-12-8-7-9-13-20)21-14-10-11-19(15-21)17-31-32(5,6)25(2,3)4/h7-10,12-14,16,19,21H,11,15,17H2,1-6H3/t19-,21+/m1/s1. The largest absolute Gasteiger partial charge is 0.417 e. The van der Waals surface area contributed by atoms with Crippen molar-refractivity contribution < 1.29 is 9.22 Å². The summed E-state index contributed by atoms with van der Waals surface area (Å²) in [5.41, 5.74) is -0.501. The summed E-state index contributed by atoms with van der Waals surface area (Å²) in [6, 6.07) is 8.20. The molecular formula is C25H34N2O4Si. The van der Waals surface area contributed by atoms with Gasteiger partial charge in [-0.25, -0.2) is 4.79 Å². The molecule has 0 bridgehead atoms. The van der Waals surface area contributed by atoms with Gasteiger partial charge in [0.2, 0.25) is 0 Å². The zero-order valence-corrected chi connectivity index (χ0v) is 20.9. The molecule has 0 saturated carbocycles. The van der Waals surface area contributed by atoms with Crippen LogP contribution in [0.25, 0.3) is 0 Å². The van der Waals surface area contributed by atoms with Gasteiger partial charge in [-0.15, -0.1) is 0 Å². The molecule has 0 amide bonds. The molecule has 6 nitrogen and oxygen atoms in total. The van der Waals surface area contributed by atoms with Crippen LogP contribution in [0.3, 0.4) is 0 Å². The first-order valence-corrected chi connectivity index (χ1v) is 14.1. The number of nitrogens with zero attached hydrogens (tertiary/aromatic N) is 2. The van der Waals surface area contributed by atoms with Crippen molar-refractivity contribution in [2.45, 2.75) is 64.7 Å². The van der Waals surface area contributed by atoms with E-state index in [0.717, 1.165) is 17.4 Å². The first kappa shape index (κ1) is 24.1. The lowest BCUT2D eigenvalue weighted by molar-refractivity contribution is 0.0947. The lowest BCUT2D eigenvalue weighted by atomic mass is 9.91. The Kier molecular flexibility index (Phi) is 6.90. The van der Waals surface area contributed by atoms with Gasteiger partial charge < -0.3 is 4.43 Å². The van der Waals surface area contributed by atoms with Crippen LogP contribution in [0.2, 0.25) is 18.1 Å². The molecule has 0 saturated heterocycles. The first-order valence-electron chi connectivity index (χ1n) is 11.2. The average molecular weight is 455 g/mol. The fraction of sp³-hybridized carbons (Fsp3) is 0.480. The molecule has 0 aliphatic heterocycles. The summed E-state index contributed by atoms with van der Waals surface area (Å²) in [5, 5.41) is 0.137. The molecule has 0 radical (unpaired) electrons. The number of hydrogen-bond donors (Lipinski definition) is 0. The minimum absolute atomic E-state index is 0.137. The zero-order chi connectivity index (χ0) is 23.7. The van der Waals surface area contributed by atoms with Gasteiger partial charge in [-0.05, 0) is 55.9 Å². The summed E-state index contributed by atoms with van der Waals surface area (Å²) in [4.78, 5) is 38.9. The average Bonchev–Trinajstić information content (AvgIpc) is 2.75. The van der Waals surface area contributed by atoms with Crippen LogP contribution in [0.4, 0.5) is 0 Å². The van der Waals surface area contributed by atoms with Gasteiger partial charge in [0.05, 0.1) is 6.04 Å². The number of carbonyl (C=O) groups is 1. The van der Waals surface area contributed by atoms with Crippen molar-refractivity contribution in [1.82, 2.24) is 9.13 Å². The van der Waals surface area contributed by atoms with Crippen LogP contribution in [0.15, 0.2) is 58.3 Å². The van der Waals surface area contributed by atoms with Gasteiger partial charge in [0.15, 0.2) is 8.32 Å². The molecule has 0 unspecified atom stereocenters. The molecule has 1 aliphatic carbocycles. The number of allylic oxidation sites excluding steroid dienone is 2. The fourth-order valence-electron chi connectivity index (χ4n) is 3.65. The normalized spacial score (nSPS) is 19.2. The van der Waals surface area contributed by atoms with Gasteiger partial charge >= 0.3 is 5.69 Å².